The van der Waals surface area contributed by atoms with Crippen molar-refractivity contribution in [2.75, 3.05) is 19.1 Å². The van der Waals surface area contributed by atoms with E-state index >= 15 is 0 Å². The van der Waals surface area contributed by atoms with E-state index in [2.05, 4.69) is 15.6 Å². The SMILES string of the molecule is COC(=O)C1CCCC(NC(=O)NC2N=C(c3ccccc3F)c3ccccc3N(C)C2=O)C1. The first kappa shape index (κ1) is 23.4. The molecular weight excluding hydrogens is 439 g/mol. The average molecular weight is 467 g/mol. The molecule has 2 aliphatic rings. The van der Waals surface area contributed by atoms with Gasteiger partial charge in [-0.2, -0.15) is 0 Å². The van der Waals surface area contributed by atoms with Gasteiger partial charge in [-0.05, 0) is 37.5 Å². The number of benzene rings is 2. The van der Waals surface area contributed by atoms with Crippen molar-refractivity contribution in [1.29, 1.82) is 0 Å². The zero-order valence-corrected chi connectivity index (χ0v) is 19.1. The molecule has 8 nitrogen and oxygen atoms in total. The van der Waals surface area contributed by atoms with Crippen molar-refractivity contribution in [3.8, 4) is 0 Å². The number of nitrogens with one attached hydrogen (secondary N) is 2. The van der Waals surface area contributed by atoms with Crippen LogP contribution in [-0.4, -0.2) is 50.0 Å². The molecule has 0 spiro atoms. The summed E-state index contributed by atoms with van der Waals surface area (Å²) in [5.41, 5.74) is 1.66. The molecule has 2 N–H and O–H groups in total. The van der Waals surface area contributed by atoms with Gasteiger partial charge in [-0.15, -0.1) is 0 Å². The van der Waals surface area contributed by atoms with Crippen molar-refractivity contribution in [3.63, 3.8) is 0 Å². The smallest absolute Gasteiger partial charge is 0.317 e. The Bertz CT molecular complexity index is 1140. The summed E-state index contributed by atoms with van der Waals surface area (Å²) in [5.74, 6) is -1.49. The number of benzodiazepines with no additional fused rings is 1. The zero-order chi connectivity index (χ0) is 24.2. The third-order valence-electron chi connectivity index (χ3n) is 6.28. The quantitative estimate of drug-likeness (QED) is 0.677. The molecule has 3 amide bonds. The Balaban J connectivity index is 1.59. The predicted octanol–water partition coefficient (Wildman–Crippen LogP) is 3.00. The fourth-order valence-electron chi connectivity index (χ4n) is 4.54. The number of aliphatic imine (C=N–C) groups is 1. The summed E-state index contributed by atoms with van der Waals surface area (Å²) in [6, 6.07) is 12.5. The maximum Gasteiger partial charge on any atom is 0.317 e. The molecular formula is C25H27FN4O4. The van der Waals surface area contributed by atoms with Crippen LogP contribution < -0.4 is 15.5 Å². The van der Waals surface area contributed by atoms with Gasteiger partial charge in [-0.25, -0.2) is 14.2 Å². The molecule has 1 aliphatic heterocycles. The maximum atomic E-state index is 14.7. The fourth-order valence-corrected chi connectivity index (χ4v) is 4.54. The number of methoxy groups -OCH3 is 1. The first-order valence-electron chi connectivity index (χ1n) is 11.2. The summed E-state index contributed by atoms with van der Waals surface area (Å²) in [5, 5.41) is 5.48. The summed E-state index contributed by atoms with van der Waals surface area (Å²) in [6.07, 6.45) is 1.42. The Morgan fingerprint density at radius 3 is 2.50 bits per heavy atom. The lowest BCUT2D eigenvalue weighted by atomic mass is 9.86. The van der Waals surface area contributed by atoms with Crippen LogP contribution in [0.2, 0.25) is 0 Å². The Morgan fingerprint density at radius 1 is 1.06 bits per heavy atom. The number of anilines is 1. The highest BCUT2D eigenvalue weighted by atomic mass is 19.1. The topological polar surface area (TPSA) is 100 Å². The van der Waals surface area contributed by atoms with E-state index in [1.807, 2.05) is 0 Å². The third-order valence-corrected chi connectivity index (χ3v) is 6.28. The van der Waals surface area contributed by atoms with Crippen LogP contribution in [-0.2, 0) is 14.3 Å². The van der Waals surface area contributed by atoms with Gasteiger partial charge < -0.3 is 20.3 Å². The lowest BCUT2D eigenvalue weighted by Crippen LogP contribution is -2.52. The van der Waals surface area contributed by atoms with Gasteiger partial charge in [0.05, 0.1) is 24.4 Å². The predicted molar refractivity (Wildman–Crippen MR) is 125 cm³/mol. The molecule has 34 heavy (non-hydrogen) atoms. The fraction of sp³-hybridized carbons (Fsp3) is 0.360. The number of likely N-dealkylation sites (N-methyl/N-ethyl adjacent to an activating group) is 1. The number of carbonyl (C=O) groups excluding carboxylic acids is 3. The van der Waals surface area contributed by atoms with E-state index in [4.69, 9.17) is 4.74 Å². The number of carbonyl (C=O) groups is 3. The van der Waals surface area contributed by atoms with E-state index in [0.29, 0.717) is 30.5 Å². The van der Waals surface area contributed by atoms with Gasteiger partial charge >= 0.3 is 12.0 Å². The van der Waals surface area contributed by atoms with Gasteiger partial charge in [-0.1, -0.05) is 36.8 Å². The molecule has 4 rings (SSSR count). The second kappa shape index (κ2) is 10.0. The van der Waals surface area contributed by atoms with Gasteiger partial charge in [0.15, 0.2) is 0 Å². The molecule has 3 unspecified atom stereocenters. The lowest BCUT2D eigenvalue weighted by molar-refractivity contribution is -0.146. The molecule has 0 saturated heterocycles. The molecule has 0 radical (unpaired) electrons. The summed E-state index contributed by atoms with van der Waals surface area (Å²) in [7, 11) is 2.94. The standard InChI is InChI=1S/C25H27FN4O4/c1-30-20-13-6-4-11-18(20)21(17-10-3-5-12-19(17)26)28-22(23(30)31)29-25(33)27-16-9-7-8-15(14-16)24(32)34-2/h3-6,10-13,15-16,22H,7-9,14H2,1-2H3,(H2,27,29,33). The summed E-state index contributed by atoms with van der Waals surface area (Å²) in [4.78, 5) is 43.8. The molecule has 3 atom stereocenters. The van der Waals surface area contributed by atoms with Crippen molar-refractivity contribution >= 4 is 29.3 Å². The Hall–Kier alpha value is -3.75. The molecule has 2 aromatic carbocycles. The number of rotatable bonds is 4. The van der Waals surface area contributed by atoms with E-state index in [0.717, 1.165) is 6.42 Å². The number of hydrogen-bond donors (Lipinski definition) is 2. The van der Waals surface area contributed by atoms with Crippen LogP contribution in [0, 0.1) is 11.7 Å². The molecule has 1 fully saturated rings. The van der Waals surface area contributed by atoms with Crippen molar-refractivity contribution in [2.45, 2.75) is 37.9 Å². The van der Waals surface area contributed by atoms with Crippen LogP contribution in [0.3, 0.4) is 0 Å². The summed E-state index contributed by atoms with van der Waals surface area (Å²) < 4.78 is 19.5. The minimum atomic E-state index is -1.26. The van der Waals surface area contributed by atoms with Crippen molar-refractivity contribution in [3.05, 3.63) is 65.5 Å². The normalized spacial score (nSPS) is 22.2. The largest absolute Gasteiger partial charge is 0.469 e. The second-order valence-electron chi connectivity index (χ2n) is 8.48. The molecule has 1 heterocycles. The van der Waals surface area contributed by atoms with Gasteiger partial charge in [-0.3, -0.25) is 9.59 Å². The monoisotopic (exact) mass is 466 g/mol. The molecule has 1 saturated carbocycles. The van der Waals surface area contributed by atoms with Gasteiger partial charge in [0.2, 0.25) is 6.17 Å². The summed E-state index contributed by atoms with van der Waals surface area (Å²) in [6.45, 7) is 0. The Morgan fingerprint density at radius 2 is 1.76 bits per heavy atom. The first-order chi connectivity index (χ1) is 16.4. The van der Waals surface area contributed by atoms with Crippen LogP contribution in [0.1, 0.15) is 36.8 Å². The van der Waals surface area contributed by atoms with Crippen LogP contribution >= 0.6 is 0 Å². The number of hydrogen-bond acceptors (Lipinski definition) is 5. The van der Waals surface area contributed by atoms with Crippen LogP contribution in [0.15, 0.2) is 53.5 Å². The van der Waals surface area contributed by atoms with Gasteiger partial charge in [0.1, 0.15) is 5.82 Å². The van der Waals surface area contributed by atoms with E-state index in [9.17, 15) is 18.8 Å². The molecule has 1 aliphatic carbocycles. The van der Waals surface area contributed by atoms with Crippen molar-refractivity contribution in [1.82, 2.24) is 10.6 Å². The Labute approximate surface area is 197 Å². The number of urea groups is 1. The van der Waals surface area contributed by atoms with E-state index in [1.165, 1.54) is 18.1 Å². The average Bonchev–Trinajstić information content (AvgIpc) is 2.95. The number of esters is 1. The van der Waals surface area contributed by atoms with Crippen molar-refractivity contribution < 1.29 is 23.5 Å². The van der Waals surface area contributed by atoms with Crippen LogP contribution in [0.25, 0.3) is 0 Å². The molecule has 0 aromatic heterocycles. The first-order valence-corrected chi connectivity index (χ1v) is 11.2. The van der Waals surface area contributed by atoms with Crippen LogP contribution in [0.4, 0.5) is 14.9 Å². The highest BCUT2D eigenvalue weighted by Crippen LogP contribution is 2.28. The number of halogens is 1. The number of ether oxygens (including phenoxy) is 1. The number of para-hydroxylation sites is 1. The molecule has 2 aromatic rings. The van der Waals surface area contributed by atoms with E-state index < -0.39 is 23.9 Å². The number of amides is 3. The highest BCUT2D eigenvalue weighted by Gasteiger charge is 2.33. The Kier molecular flexibility index (Phi) is 6.90. The minimum Gasteiger partial charge on any atom is -0.469 e. The molecule has 0 bridgehead atoms. The lowest BCUT2D eigenvalue weighted by Gasteiger charge is -2.28. The van der Waals surface area contributed by atoms with Crippen LogP contribution in [0.5, 0.6) is 0 Å². The van der Waals surface area contributed by atoms with Gasteiger partial charge in [0, 0.05) is 24.2 Å². The minimum absolute atomic E-state index is 0.233. The van der Waals surface area contributed by atoms with Crippen molar-refractivity contribution in [2.24, 2.45) is 10.9 Å². The highest BCUT2D eigenvalue weighted by molar-refractivity contribution is 6.20. The number of nitrogens with zero attached hydrogens (tertiary/aromatic N) is 2. The zero-order valence-electron chi connectivity index (χ0n) is 19.1. The van der Waals surface area contributed by atoms with E-state index in [-0.39, 0.29) is 29.2 Å². The maximum absolute atomic E-state index is 14.7. The molecule has 9 heteroatoms. The van der Waals surface area contributed by atoms with E-state index in [1.54, 1.807) is 49.5 Å². The summed E-state index contributed by atoms with van der Waals surface area (Å²) >= 11 is 0. The number of fused-ring (bicyclic) bond motifs is 1. The third kappa shape index (κ3) is 4.78. The van der Waals surface area contributed by atoms with Gasteiger partial charge in [0.25, 0.3) is 5.91 Å². The second-order valence-corrected chi connectivity index (χ2v) is 8.48. The molecule has 178 valence electrons.